The number of rotatable bonds is 3. The minimum Gasteiger partial charge on any atom is -0.444 e. The molecule has 0 aromatic heterocycles. The first kappa shape index (κ1) is 13.8. The first-order chi connectivity index (χ1) is 6.81. The van der Waals surface area contributed by atoms with Crippen molar-refractivity contribution in [2.24, 2.45) is 0 Å². The molecule has 0 aromatic rings. The van der Waals surface area contributed by atoms with Gasteiger partial charge in [-0.1, -0.05) is 13.3 Å². The van der Waals surface area contributed by atoms with Crippen LogP contribution < -0.4 is 0 Å². The highest BCUT2D eigenvalue weighted by molar-refractivity contribution is 5.68. The third kappa shape index (κ3) is 5.26. The molecule has 0 fully saturated rings. The second-order valence-corrected chi connectivity index (χ2v) is 4.52. The summed E-state index contributed by atoms with van der Waals surface area (Å²) in [6.45, 7) is 7.40. The van der Waals surface area contributed by atoms with Gasteiger partial charge in [-0.2, -0.15) is 5.26 Å². The summed E-state index contributed by atoms with van der Waals surface area (Å²) in [5, 5.41) is 8.88. The summed E-state index contributed by atoms with van der Waals surface area (Å²) in [7, 11) is 1.59. The lowest BCUT2D eigenvalue weighted by atomic mass is 10.1. The molecule has 0 aliphatic rings. The van der Waals surface area contributed by atoms with E-state index in [1.807, 2.05) is 6.92 Å². The fourth-order valence-electron chi connectivity index (χ4n) is 1.08. The molecule has 0 rings (SSSR count). The van der Waals surface area contributed by atoms with E-state index >= 15 is 0 Å². The van der Waals surface area contributed by atoms with Crippen LogP contribution >= 0.6 is 0 Å². The fraction of sp³-hybridized carbons (Fsp3) is 0.818. The molecule has 0 bridgehead atoms. The van der Waals surface area contributed by atoms with Gasteiger partial charge in [0.15, 0.2) is 0 Å². The molecular formula is C11H20N2O2. The Morgan fingerprint density at radius 1 is 1.53 bits per heavy atom. The molecule has 0 radical (unpaired) electrons. The molecule has 0 aliphatic carbocycles. The van der Waals surface area contributed by atoms with E-state index in [1.54, 1.807) is 27.8 Å². The second kappa shape index (κ2) is 5.59. The number of hydrogen-bond donors (Lipinski definition) is 0. The SMILES string of the molecule is CCCC(C#N)N(C)C(=O)OC(C)(C)C. The van der Waals surface area contributed by atoms with Gasteiger partial charge in [0, 0.05) is 7.05 Å². The smallest absolute Gasteiger partial charge is 0.411 e. The van der Waals surface area contributed by atoms with Crippen molar-refractivity contribution < 1.29 is 9.53 Å². The number of hydrogen-bond acceptors (Lipinski definition) is 3. The monoisotopic (exact) mass is 212 g/mol. The average Bonchev–Trinajstić information content (AvgIpc) is 2.10. The van der Waals surface area contributed by atoms with Crippen LogP contribution in [0.2, 0.25) is 0 Å². The van der Waals surface area contributed by atoms with Gasteiger partial charge in [0.2, 0.25) is 0 Å². The Balaban J connectivity index is 4.37. The van der Waals surface area contributed by atoms with Crippen LogP contribution in [0.25, 0.3) is 0 Å². The van der Waals surface area contributed by atoms with E-state index in [-0.39, 0.29) is 0 Å². The lowest BCUT2D eigenvalue weighted by Crippen LogP contribution is -2.40. The summed E-state index contributed by atoms with van der Waals surface area (Å²) in [6, 6.07) is 1.70. The molecule has 0 heterocycles. The van der Waals surface area contributed by atoms with Crippen molar-refractivity contribution in [2.45, 2.75) is 52.2 Å². The highest BCUT2D eigenvalue weighted by atomic mass is 16.6. The summed E-state index contributed by atoms with van der Waals surface area (Å²) in [6.07, 6.45) is 1.10. The molecular weight excluding hydrogens is 192 g/mol. The summed E-state index contributed by atoms with van der Waals surface area (Å²) in [5.74, 6) is 0. The van der Waals surface area contributed by atoms with Crippen LogP contribution in [-0.4, -0.2) is 29.7 Å². The van der Waals surface area contributed by atoms with Crippen molar-refractivity contribution in [3.05, 3.63) is 0 Å². The summed E-state index contributed by atoms with van der Waals surface area (Å²) in [4.78, 5) is 12.9. The Morgan fingerprint density at radius 2 is 2.07 bits per heavy atom. The molecule has 0 N–H and O–H groups in total. The minimum absolute atomic E-state index is 0.398. The molecule has 86 valence electrons. The van der Waals surface area contributed by atoms with Gasteiger partial charge < -0.3 is 4.74 Å². The Morgan fingerprint density at radius 3 is 2.40 bits per heavy atom. The van der Waals surface area contributed by atoms with E-state index in [4.69, 9.17) is 10.00 Å². The van der Waals surface area contributed by atoms with Gasteiger partial charge in [-0.05, 0) is 27.2 Å². The number of carbonyl (C=O) groups is 1. The van der Waals surface area contributed by atoms with Crippen LogP contribution in [0.1, 0.15) is 40.5 Å². The highest BCUT2D eigenvalue weighted by Crippen LogP contribution is 2.12. The number of amides is 1. The summed E-state index contributed by atoms with van der Waals surface area (Å²) >= 11 is 0. The molecule has 15 heavy (non-hydrogen) atoms. The first-order valence-electron chi connectivity index (χ1n) is 5.17. The summed E-state index contributed by atoms with van der Waals surface area (Å²) < 4.78 is 5.16. The lowest BCUT2D eigenvalue weighted by molar-refractivity contribution is 0.0254. The predicted molar refractivity (Wildman–Crippen MR) is 58.3 cm³/mol. The fourth-order valence-corrected chi connectivity index (χ4v) is 1.08. The van der Waals surface area contributed by atoms with Gasteiger partial charge in [0.05, 0.1) is 6.07 Å². The third-order valence-corrected chi connectivity index (χ3v) is 1.86. The van der Waals surface area contributed by atoms with Gasteiger partial charge in [-0.25, -0.2) is 4.79 Å². The lowest BCUT2D eigenvalue weighted by Gasteiger charge is -2.27. The van der Waals surface area contributed by atoms with Crippen molar-refractivity contribution in [1.82, 2.24) is 4.90 Å². The van der Waals surface area contributed by atoms with Crippen molar-refractivity contribution in [3.63, 3.8) is 0 Å². The van der Waals surface area contributed by atoms with E-state index in [9.17, 15) is 4.79 Å². The maximum Gasteiger partial charge on any atom is 0.411 e. The Labute approximate surface area is 91.8 Å². The van der Waals surface area contributed by atoms with E-state index in [0.29, 0.717) is 6.42 Å². The van der Waals surface area contributed by atoms with Crippen molar-refractivity contribution in [3.8, 4) is 6.07 Å². The zero-order valence-electron chi connectivity index (χ0n) is 10.2. The highest BCUT2D eigenvalue weighted by Gasteiger charge is 2.24. The molecule has 0 aliphatic heterocycles. The molecule has 0 saturated carbocycles. The number of nitriles is 1. The maximum absolute atomic E-state index is 11.6. The molecule has 4 nitrogen and oxygen atoms in total. The second-order valence-electron chi connectivity index (χ2n) is 4.52. The van der Waals surface area contributed by atoms with Crippen LogP contribution in [0.15, 0.2) is 0 Å². The molecule has 0 saturated heterocycles. The van der Waals surface area contributed by atoms with Crippen LogP contribution in [0.4, 0.5) is 4.79 Å². The van der Waals surface area contributed by atoms with Gasteiger partial charge in [-0.3, -0.25) is 4.90 Å². The van der Waals surface area contributed by atoms with Crippen molar-refractivity contribution in [2.75, 3.05) is 7.05 Å². The molecule has 1 amide bonds. The first-order valence-corrected chi connectivity index (χ1v) is 5.17. The quantitative estimate of drug-likeness (QED) is 0.722. The van der Waals surface area contributed by atoms with Crippen molar-refractivity contribution >= 4 is 6.09 Å². The van der Waals surface area contributed by atoms with Gasteiger partial charge >= 0.3 is 6.09 Å². The largest absolute Gasteiger partial charge is 0.444 e. The van der Waals surface area contributed by atoms with Crippen LogP contribution in [0.5, 0.6) is 0 Å². The Kier molecular flexibility index (Phi) is 5.13. The van der Waals surface area contributed by atoms with E-state index in [0.717, 1.165) is 6.42 Å². The van der Waals surface area contributed by atoms with E-state index in [2.05, 4.69) is 6.07 Å². The normalized spacial score (nSPS) is 12.8. The molecule has 0 aromatic carbocycles. The van der Waals surface area contributed by atoms with Gasteiger partial charge in [-0.15, -0.1) is 0 Å². The maximum atomic E-state index is 11.6. The van der Waals surface area contributed by atoms with Gasteiger partial charge in [0.1, 0.15) is 11.6 Å². The van der Waals surface area contributed by atoms with E-state index in [1.165, 1.54) is 4.90 Å². The Hall–Kier alpha value is -1.24. The standard InChI is InChI=1S/C11H20N2O2/c1-6-7-9(8-12)13(5)10(14)15-11(2,3)4/h9H,6-7H2,1-5H3. The molecule has 4 heteroatoms. The van der Waals surface area contributed by atoms with E-state index < -0.39 is 17.7 Å². The third-order valence-electron chi connectivity index (χ3n) is 1.86. The number of carbonyl (C=O) groups excluding carboxylic acids is 1. The minimum atomic E-state index is -0.516. The predicted octanol–water partition coefficient (Wildman–Crippen LogP) is 2.55. The topological polar surface area (TPSA) is 53.3 Å². The zero-order valence-corrected chi connectivity index (χ0v) is 10.2. The average molecular weight is 212 g/mol. The van der Waals surface area contributed by atoms with Crippen LogP contribution in [-0.2, 0) is 4.74 Å². The number of ether oxygens (including phenoxy) is 1. The summed E-state index contributed by atoms with van der Waals surface area (Å²) in [5.41, 5.74) is -0.516. The van der Waals surface area contributed by atoms with Crippen LogP contribution in [0, 0.1) is 11.3 Å². The molecule has 1 unspecified atom stereocenters. The number of nitrogens with zero attached hydrogens (tertiary/aromatic N) is 2. The van der Waals surface area contributed by atoms with Crippen molar-refractivity contribution in [1.29, 1.82) is 5.26 Å². The van der Waals surface area contributed by atoms with Gasteiger partial charge in [0.25, 0.3) is 0 Å². The molecule has 1 atom stereocenters. The Bertz CT molecular complexity index is 250. The van der Waals surface area contributed by atoms with Crippen LogP contribution in [0.3, 0.4) is 0 Å². The molecule has 0 spiro atoms. The zero-order chi connectivity index (χ0) is 12.1.